The van der Waals surface area contributed by atoms with E-state index in [2.05, 4.69) is 15.6 Å². The molecule has 0 aliphatic rings. The van der Waals surface area contributed by atoms with Gasteiger partial charge in [-0.15, -0.1) is 0 Å². The second-order valence-corrected chi connectivity index (χ2v) is 6.81. The van der Waals surface area contributed by atoms with Crippen molar-refractivity contribution in [3.8, 4) is 5.75 Å². The van der Waals surface area contributed by atoms with Gasteiger partial charge in [0.15, 0.2) is 5.78 Å². The third-order valence-corrected chi connectivity index (χ3v) is 4.09. The quantitative estimate of drug-likeness (QED) is 0.552. The van der Waals surface area contributed by atoms with Crippen LogP contribution in [0.4, 0.5) is 17.2 Å². The summed E-state index contributed by atoms with van der Waals surface area (Å²) in [5.41, 5.74) is 2.44. The number of hydrogen-bond donors (Lipinski definition) is 2. The van der Waals surface area contributed by atoms with Crippen molar-refractivity contribution in [2.75, 3.05) is 10.6 Å². The Morgan fingerprint density at radius 3 is 2.24 bits per heavy atom. The fraction of sp³-hybridized carbons (Fsp3) is 0.174. The Morgan fingerprint density at radius 1 is 0.931 bits per heavy atom. The van der Waals surface area contributed by atoms with Gasteiger partial charge in [0, 0.05) is 17.4 Å². The number of anilines is 3. The van der Waals surface area contributed by atoms with Crippen LogP contribution >= 0.6 is 0 Å². The zero-order chi connectivity index (χ0) is 20.8. The molecule has 29 heavy (non-hydrogen) atoms. The topological polar surface area (TPSA) is 80.3 Å². The van der Waals surface area contributed by atoms with E-state index < -0.39 is 0 Å². The highest BCUT2D eigenvalue weighted by Gasteiger charge is 2.09. The fourth-order valence-electron chi connectivity index (χ4n) is 2.66. The molecule has 1 heterocycles. The third-order valence-electron chi connectivity index (χ3n) is 4.09. The lowest BCUT2D eigenvalue weighted by Crippen LogP contribution is -2.12. The number of pyridine rings is 1. The van der Waals surface area contributed by atoms with E-state index in [1.165, 1.54) is 13.1 Å². The molecule has 0 aliphatic carbocycles. The molecule has 0 radical (unpaired) electrons. The van der Waals surface area contributed by atoms with Crippen LogP contribution in [0, 0.1) is 0 Å². The number of amides is 1. The molecule has 148 valence electrons. The summed E-state index contributed by atoms with van der Waals surface area (Å²) >= 11 is 0. The number of Topliss-reactive ketones (excluding diaryl/α,β-unsaturated/α-hetero) is 1. The van der Waals surface area contributed by atoms with Crippen LogP contribution < -0.4 is 15.4 Å². The number of rotatable bonds is 7. The van der Waals surface area contributed by atoms with Crippen molar-refractivity contribution >= 4 is 28.9 Å². The van der Waals surface area contributed by atoms with Crippen LogP contribution in [0.5, 0.6) is 5.75 Å². The summed E-state index contributed by atoms with van der Waals surface area (Å²) in [6.07, 6.45) is 1.56. The normalized spacial score (nSPS) is 10.5. The van der Waals surface area contributed by atoms with Crippen LogP contribution in [-0.4, -0.2) is 22.8 Å². The number of benzene rings is 2. The standard InChI is InChI=1S/C23H23N3O3/c1-15(2)29-21-7-5-4-6-20(21)26-22-13-10-18(14-24-22)23(28)25-19-11-8-17(9-12-19)16(3)27/h4-15H,1-3H3,(H,24,26)(H,25,28). The van der Waals surface area contributed by atoms with Gasteiger partial charge < -0.3 is 15.4 Å². The summed E-state index contributed by atoms with van der Waals surface area (Å²) in [4.78, 5) is 28.1. The first kappa shape index (κ1) is 20.1. The molecule has 3 rings (SSSR count). The monoisotopic (exact) mass is 389 g/mol. The summed E-state index contributed by atoms with van der Waals surface area (Å²) in [7, 11) is 0. The van der Waals surface area contributed by atoms with Gasteiger partial charge in [0.1, 0.15) is 11.6 Å². The van der Waals surface area contributed by atoms with Gasteiger partial charge in [-0.2, -0.15) is 0 Å². The van der Waals surface area contributed by atoms with E-state index >= 15 is 0 Å². The number of ketones is 1. The van der Waals surface area contributed by atoms with Crippen LogP contribution in [0.1, 0.15) is 41.5 Å². The Morgan fingerprint density at radius 2 is 1.62 bits per heavy atom. The van der Waals surface area contributed by atoms with Crippen molar-refractivity contribution < 1.29 is 14.3 Å². The van der Waals surface area contributed by atoms with Gasteiger partial charge in [-0.1, -0.05) is 12.1 Å². The third kappa shape index (κ3) is 5.42. The maximum Gasteiger partial charge on any atom is 0.257 e. The lowest BCUT2D eigenvalue weighted by Gasteiger charge is -2.15. The number of ether oxygens (including phenoxy) is 1. The van der Waals surface area contributed by atoms with E-state index in [1.54, 1.807) is 36.4 Å². The van der Waals surface area contributed by atoms with Gasteiger partial charge in [0.05, 0.1) is 17.4 Å². The first-order valence-electron chi connectivity index (χ1n) is 9.33. The first-order valence-corrected chi connectivity index (χ1v) is 9.33. The molecule has 0 aliphatic heterocycles. The van der Waals surface area contributed by atoms with Crippen LogP contribution in [0.15, 0.2) is 66.9 Å². The molecule has 0 fully saturated rings. The first-order chi connectivity index (χ1) is 13.9. The minimum atomic E-state index is -0.275. The predicted octanol–water partition coefficient (Wildman–Crippen LogP) is 5.07. The van der Waals surface area contributed by atoms with E-state index in [4.69, 9.17) is 4.74 Å². The lowest BCUT2D eigenvalue weighted by atomic mass is 10.1. The summed E-state index contributed by atoms with van der Waals surface area (Å²) in [5, 5.41) is 6.00. The Bertz CT molecular complexity index is 997. The summed E-state index contributed by atoms with van der Waals surface area (Å²) in [6.45, 7) is 5.44. The van der Waals surface area contributed by atoms with Crippen molar-refractivity contribution in [2.24, 2.45) is 0 Å². The van der Waals surface area contributed by atoms with Gasteiger partial charge in [0.2, 0.25) is 0 Å². The number of para-hydroxylation sites is 2. The molecule has 6 nitrogen and oxygen atoms in total. The van der Waals surface area contributed by atoms with Gasteiger partial charge >= 0.3 is 0 Å². The Hall–Kier alpha value is -3.67. The SMILES string of the molecule is CC(=O)c1ccc(NC(=O)c2ccc(Nc3ccccc3OC(C)C)nc2)cc1. The second kappa shape index (κ2) is 9.01. The molecular weight excluding hydrogens is 366 g/mol. The minimum Gasteiger partial charge on any atom is -0.489 e. The highest BCUT2D eigenvalue weighted by molar-refractivity contribution is 6.04. The maximum atomic E-state index is 12.4. The molecule has 0 spiro atoms. The van der Waals surface area contributed by atoms with Crippen molar-refractivity contribution in [2.45, 2.75) is 26.9 Å². The molecular formula is C23H23N3O3. The Kier molecular flexibility index (Phi) is 6.24. The fourth-order valence-corrected chi connectivity index (χ4v) is 2.66. The number of nitrogens with one attached hydrogen (secondary N) is 2. The number of carbonyl (C=O) groups is 2. The number of carbonyl (C=O) groups excluding carboxylic acids is 2. The van der Waals surface area contributed by atoms with Gasteiger partial charge in [-0.05, 0) is 69.3 Å². The molecule has 0 bridgehead atoms. The van der Waals surface area contributed by atoms with Gasteiger partial charge in [-0.25, -0.2) is 4.98 Å². The Labute approximate surface area is 169 Å². The maximum absolute atomic E-state index is 12.4. The number of aromatic nitrogens is 1. The molecule has 1 amide bonds. The van der Waals surface area contributed by atoms with Crippen LogP contribution in [0.2, 0.25) is 0 Å². The molecule has 3 aromatic rings. The van der Waals surface area contributed by atoms with Crippen LogP contribution in [0.25, 0.3) is 0 Å². The average molecular weight is 389 g/mol. The zero-order valence-corrected chi connectivity index (χ0v) is 16.6. The van der Waals surface area contributed by atoms with E-state index in [1.807, 2.05) is 38.1 Å². The van der Waals surface area contributed by atoms with Crippen molar-refractivity contribution in [1.29, 1.82) is 0 Å². The molecule has 6 heteroatoms. The molecule has 0 unspecified atom stereocenters. The van der Waals surface area contributed by atoms with Crippen molar-refractivity contribution in [1.82, 2.24) is 4.98 Å². The predicted molar refractivity (Wildman–Crippen MR) is 114 cm³/mol. The van der Waals surface area contributed by atoms with Crippen molar-refractivity contribution in [3.05, 3.63) is 78.0 Å². The van der Waals surface area contributed by atoms with Crippen LogP contribution in [-0.2, 0) is 0 Å². The van der Waals surface area contributed by atoms with E-state index in [-0.39, 0.29) is 17.8 Å². The highest BCUT2D eigenvalue weighted by atomic mass is 16.5. The second-order valence-electron chi connectivity index (χ2n) is 6.81. The largest absolute Gasteiger partial charge is 0.489 e. The van der Waals surface area contributed by atoms with Crippen molar-refractivity contribution in [3.63, 3.8) is 0 Å². The summed E-state index contributed by atoms with van der Waals surface area (Å²) < 4.78 is 5.79. The smallest absolute Gasteiger partial charge is 0.257 e. The van der Waals surface area contributed by atoms with E-state index in [9.17, 15) is 9.59 Å². The highest BCUT2D eigenvalue weighted by Crippen LogP contribution is 2.27. The molecule has 1 aromatic heterocycles. The zero-order valence-electron chi connectivity index (χ0n) is 16.6. The van der Waals surface area contributed by atoms with E-state index in [0.717, 1.165) is 11.4 Å². The minimum absolute atomic E-state index is 0.0180. The number of nitrogens with zero attached hydrogens (tertiary/aromatic N) is 1. The van der Waals surface area contributed by atoms with Gasteiger partial charge in [0.25, 0.3) is 5.91 Å². The number of hydrogen-bond acceptors (Lipinski definition) is 5. The molecule has 0 atom stereocenters. The Balaban J connectivity index is 1.67. The van der Waals surface area contributed by atoms with Crippen LogP contribution in [0.3, 0.4) is 0 Å². The van der Waals surface area contributed by atoms with Gasteiger partial charge in [-0.3, -0.25) is 9.59 Å². The molecule has 0 saturated carbocycles. The summed E-state index contributed by atoms with van der Waals surface area (Å²) in [6, 6.07) is 17.8. The molecule has 2 N–H and O–H groups in total. The molecule has 2 aromatic carbocycles. The average Bonchev–Trinajstić information content (AvgIpc) is 2.70. The van der Waals surface area contributed by atoms with E-state index in [0.29, 0.717) is 22.6 Å². The molecule has 0 saturated heterocycles. The summed E-state index contributed by atoms with van der Waals surface area (Å²) in [5.74, 6) is 1.05. The lowest BCUT2D eigenvalue weighted by molar-refractivity contribution is 0.101.